The van der Waals surface area contributed by atoms with Gasteiger partial charge in [0.05, 0.1) is 18.6 Å². The highest BCUT2D eigenvalue weighted by Gasteiger charge is 2.24. The van der Waals surface area contributed by atoms with Gasteiger partial charge in [0.1, 0.15) is 11.5 Å². The van der Waals surface area contributed by atoms with Crippen LogP contribution in [0, 0.1) is 10.1 Å². The van der Waals surface area contributed by atoms with Gasteiger partial charge in [-0.25, -0.2) is 0 Å². The van der Waals surface area contributed by atoms with E-state index in [1.54, 1.807) is 30.6 Å². The molecular formula is C24H26N2O5S. The third-order valence-electron chi connectivity index (χ3n) is 5.60. The minimum atomic E-state index is -0.360. The maximum atomic E-state index is 11.5. The van der Waals surface area contributed by atoms with Gasteiger partial charge in [0.15, 0.2) is 6.79 Å². The summed E-state index contributed by atoms with van der Waals surface area (Å²) in [5.41, 5.74) is 2.73. The molecule has 1 atom stereocenters. The molecule has 0 radical (unpaired) electrons. The van der Waals surface area contributed by atoms with Gasteiger partial charge in [-0.05, 0) is 42.5 Å². The van der Waals surface area contributed by atoms with Gasteiger partial charge < -0.3 is 14.2 Å². The van der Waals surface area contributed by atoms with Crippen molar-refractivity contribution in [1.82, 2.24) is 4.90 Å². The van der Waals surface area contributed by atoms with Gasteiger partial charge >= 0.3 is 0 Å². The molecule has 0 aliphatic carbocycles. The van der Waals surface area contributed by atoms with Gasteiger partial charge in [0.25, 0.3) is 5.69 Å². The van der Waals surface area contributed by atoms with Gasteiger partial charge in [0, 0.05) is 47.3 Å². The summed E-state index contributed by atoms with van der Waals surface area (Å²) in [5.74, 6) is 1.51. The number of non-ortho nitro benzene ring substituents is 1. The van der Waals surface area contributed by atoms with E-state index in [2.05, 4.69) is 41.5 Å². The second-order valence-corrected chi connectivity index (χ2v) is 8.88. The fourth-order valence-corrected chi connectivity index (χ4v) is 4.73. The molecule has 0 saturated carbocycles. The van der Waals surface area contributed by atoms with Crippen LogP contribution in [0.15, 0.2) is 53.9 Å². The Hall–Kier alpha value is -2.94. The van der Waals surface area contributed by atoms with Crippen LogP contribution in [0.5, 0.6) is 11.5 Å². The quantitative estimate of drug-likeness (QED) is 0.328. The molecule has 8 heteroatoms. The summed E-state index contributed by atoms with van der Waals surface area (Å²) in [4.78, 5) is 14.8. The van der Waals surface area contributed by atoms with E-state index in [4.69, 9.17) is 14.2 Å². The molecule has 1 unspecified atom stereocenters. The van der Waals surface area contributed by atoms with Crippen molar-refractivity contribution in [1.29, 1.82) is 0 Å². The predicted molar refractivity (Wildman–Crippen MR) is 123 cm³/mol. The van der Waals surface area contributed by atoms with E-state index in [1.165, 1.54) is 4.88 Å². The molecule has 1 aromatic heterocycles. The number of fused-ring (bicyclic) bond motifs is 1. The molecule has 32 heavy (non-hydrogen) atoms. The zero-order chi connectivity index (χ0) is 22.5. The Morgan fingerprint density at radius 1 is 1.22 bits per heavy atom. The highest BCUT2D eigenvalue weighted by molar-refractivity contribution is 7.09. The van der Waals surface area contributed by atoms with E-state index in [0.717, 1.165) is 28.9 Å². The maximum absolute atomic E-state index is 11.5. The molecule has 0 fully saturated rings. The van der Waals surface area contributed by atoms with Crippen LogP contribution in [0.3, 0.4) is 0 Å². The predicted octanol–water partition coefficient (Wildman–Crippen LogP) is 5.16. The number of methoxy groups -OCH3 is 1. The summed E-state index contributed by atoms with van der Waals surface area (Å²) in [5, 5.41) is 13.6. The first-order valence-corrected chi connectivity index (χ1v) is 11.3. The lowest BCUT2D eigenvalue weighted by Gasteiger charge is -2.31. The van der Waals surface area contributed by atoms with Gasteiger partial charge in [-0.15, -0.1) is 11.3 Å². The first-order chi connectivity index (χ1) is 15.5. The first-order valence-electron chi connectivity index (χ1n) is 10.4. The zero-order valence-corrected chi connectivity index (χ0v) is 19.0. The number of nitro benzene ring substituents is 1. The SMILES string of the molecule is COc1ccc(CN(Cc2cc([N+](=O)[O-])cc3c2OCOC3)C(C)Cc2cccs2)cc1. The van der Waals surface area contributed by atoms with Crippen LogP contribution < -0.4 is 9.47 Å². The number of hydrogen-bond donors (Lipinski definition) is 0. The van der Waals surface area contributed by atoms with Gasteiger partial charge in [-0.1, -0.05) is 18.2 Å². The monoisotopic (exact) mass is 454 g/mol. The van der Waals surface area contributed by atoms with E-state index in [-0.39, 0.29) is 23.4 Å². The van der Waals surface area contributed by atoms with Crippen LogP contribution in [0.4, 0.5) is 5.69 Å². The minimum Gasteiger partial charge on any atom is -0.497 e. The van der Waals surface area contributed by atoms with Gasteiger partial charge in [0.2, 0.25) is 0 Å². The van der Waals surface area contributed by atoms with Crippen LogP contribution in [-0.2, 0) is 30.9 Å². The van der Waals surface area contributed by atoms with Crippen LogP contribution in [0.2, 0.25) is 0 Å². The number of nitrogens with zero attached hydrogens (tertiary/aromatic N) is 2. The van der Waals surface area contributed by atoms with Crippen molar-refractivity contribution >= 4 is 17.0 Å². The fourth-order valence-electron chi connectivity index (χ4n) is 3.90. The van der Waals surface area contributed by atoms with Crippen molar-refractivity contribution in [3.8, 4) is 11.5 Å². The topological polar surface area (TPSA) is 74.1 Å². The second-order valence-electron chi connectivity index (χ2n) is 7.85. The molecule has 1 aliphatic heterocycles. The van der Waals surface area contributed by atoms with Gasteiger partial charge in [-0.3, -0.25) is 15.0 Å². The molecule has 3 aromatic rings. The zero-order valence-electron chi connectivity index (χ0n) is 18.2. The number of hydrogen-bond acceptors (Lipinski definition) is 7. The van der Waals surface area contributed by atoms with Crippen molar-refractivity contribution in [2.24, 2.45) is 0 Å². The summed E-state index contributed by atoms with van der Waals surface area (Å²) in [7, 11) is 1.65. The van der Waals surface area contributed by atoms with Gasteiger partial charge in [-0.2, -0.15) is 0 Å². The smallest absolute Gasteiger partial charge is 0.270 e. The summed E-state index contributed by atoms with van der Waals surface area (Å²) in [6, 6.07) is 15.6. The third-order valence-corrected chi connectivity index (χ3v) is 6.50. The second kappa shape index (κ2) is 10.1. The lowest BCUT2D eigenvalue weighted by molar-refractivity contribution is -0.385. The Labute approximate surface area is 191 Å². The summed E-state index contributed by atoms with van der Waals surface area (Å²) in [6.07, 6.45) is 0.898. The van der Waals surface area contributed by atoms with Crippen molar-refractivity contribution in [2.45, 2.75) is 39.1 Å². The standard InChI is InChI=1S/C24H26N2O5S/c1-17(10-23-4-3-9-32-23)25(13-18-5-7-22(29-2)8-6-18)14-19-11-21(26(27)28)12-20-15-30-16-31-24(19)20/h3-9,11-12,17H,10,13-16H2,1-2H3. The van der Waals surface area contributed by atoms with E-state index in [0.29, 0.717) is 25.4 Å². The summed E-state index contributed by atoms with van der Waals surface area (Å²) in [6.45, 7) is 3.89. The molecule has 0 amide bonds. The average Bonchev–Trinajstić information content (AvgIpc) is 3.32. The Bertz CT molecular complexity index is 1050. The van der Waals surface area contributed by atoms with Crippen molar-refractivity contribution in [2.75, 3.05) is 13.9 Å². The Kier molecular flexibility index (Phi) is 7.04. The van der Waals surface area contributed by atoms with Crippen molar-refractivity contribution in [3.63, 3.8) is 0 Å². The average molecular weight is 455 g/mol. The van der Waals surface area contributed by atoms with Crippen LogP contribution in [-0.4, -0.2) is 29.8 Å². The lowest BCUT2D eigenvalue weighted by Crippen LogP contribution is -2.34. The highest BCUT2D eigenvalue weighted by Crippen LogP contribution is 2.34. The Balaban J connectivity index is 1.64. The molecule has 2 heterocycles. The number of benzene rings is 2. The molecule has 0 N–H and O–H groups in total. The molecular weight excluding hydrogens is 428 g/mol. The van der Waals surface area contributed by atoms with Crippen LogP contribution in [0.1, 0.15) is 28.5 Å². The van der Waals surface area contributed by atoms with Crippen molar-refractivity contribution < 1.29 is 19.1 Å². The van der Waals surface area contributed by atoms with E-state index in [1.807, 2.05) is 12.1 Å². The van der Waals surface area contributed by atoms with E-state index in [9.17, 15) is 10.1 Å². The maximum Gasteiger partial charge on any atom is 0.270 e. The van der Waals surface area contributed by atoms with Crippen molar-refractivity contribution in [3.05, 3.63) is 85.6 Å². The minimum absolute atomic E-state index is 0.0585. The molecule has 4 rings (SSSR count). The molecule has 2 aromatic carbocycles. The van der Waals surface area contributed by atoms with E-state index >= 15 is 0 Å². The molecule has 7 nitrogen and oxygen atoms in total. The Morgan fingerprint density at radius 3 is 2.72 bits per heavy atom. The van der Waals surface area contributed by atoms with E-state index < -0.39 is 0 Å². The van der Waals surface area contributed by atoms with Crippen LogP contribution in [0.25, 0.3) is 0 Å². The van der Waals surface area contributed by atoms with Crippen LogP contribution >= 0.6 is 11.3 Å². The number of nitro groups is 1. The third kappa shape index (κ3) is 5.27. The molecule has 0 bridgehead atoms. The normalized spacial score (nSPS) is 14.0. The summed E-state index contributed by atoms with van der Waals surface area (Å²) < 4.78 is 16.4. The molecule has 0 saturated heterocycles. The molecule has 168 valence electrons. The fraction of sp³-hybridized carbons (Fsp3) is 0.333. The summed E-state index contributed by atoms with van der Waals surface area (Å²) >= 11 is 1.74. The Morgan fingerprint density at radius 2 is 2.03 bits per heavy atom. The number of ether oxygens (including phenoxy) is 3. The first kappa shape index (κ1) is 22.3. The largest absolute Gasteiger partial charge is 0.497 e. The number of rotatable bonds is 9. The highest BCUT2D eigenvalue weighted by atomic mass is 32.1. The molecule has 1 aliphatic rings. The molecule has 0 spiro atoms. The number of thiophene rings is 1. The lowest BCUT2D eigenvalue weighted by atomic mass is 10.0.